The highest BCUT2D eigenvalue weighted by molar-refractivity contribution is 5.40. The van der Waals surface area contributed by atoms with Crippen LogP contribution in [0.3, 0.4) is 0 Å². The van der Waals surface area contributed by atoms with E-state index in [1.807, 2.05) is 0 Å². The molecule has 0 unspecified atom stereocenters. The molecule has 1 N–H and O–H groups in total. The first-order chi connectivity index (χ1) is 9.28. The van der Waals surface area contributed by atoms with Crippen LogP contribution in [-0.2, 0) is 4.74 Å². The monoisotopic (exact) mass is 264 g/mol. The molecule has 1 saturated heterocycles. The van der Waals surface area contributed by atoms with Gasteiger partial charge in [-0.2, -0.15) is 0 Å². The Kier molecular flexibility index (Phi) is 5.20. The molecule has 1 aromatic rings. The Labute approximate surface area is 112 Å². The number of benzene rings is 1. The second kappa shape index (κ2) is 7.13. The lowest BCUT2D eigenvalue weighted by Gasteiger charge is -2.23. The van der Waals surface area contributed by atoms with E-state index >= 15 is 0 Å². The molecule has 0 saturated carbocycles. The van der Waals surface area contributed by atoms with Crippen LogP contribution in [0.2, 0.25) is 0 Å². The summed E-state index contributed by atoms with van der Waals surface area (Å²) in [6.07, 6.45) is 2.10. The fourth-order valence-corrected chi connectivity index (χ4v) is 1.91. The smallest absolute Gasteiger partial charge is 0.128 e. The molecule has 4 heteroatoms. The van der Waals surface area contributed by atoms with Gasteiger partial charge in [-0.25, -0.2) is 4.39 Å². The van der Waals surface area contributed by atoms with Crippen molar-refractivity contribution in [2.24, 2.45) is 0 Å². The van der Waals surface area contributed by atoms with Crippen LogP contribution in [-0.4, -0.2) is 31.0 Å². The molecule has 0 spiro atoms. The SMILES string of the molecule is OCCC#Cc1cc(F)cc(OC2CCOCC2)c1. The van der Waals surface area contributed by atoms with Gasteiger partial charge in [0.25, 0.3) is 0 Å². The lowest BCUT2D eigenvalue weighted by Crippen LogP contribution is -2.25. The Bertz CT molecular complexity index is 470. The molecule has 1 fully saturated rings. The van der Waals surface area contributed by atoms with E-state index in [9.17, 15) is 4.39 Å². The van der Waals surface area contributed by atoms with Crippen LogP contribution in [0.5, 0.6) is 5.75 Å². The van der Waals surface area contributed by atoms with E-state index in [2.05, 4.69) is 11.8 Å². The molecule has 19 heavy (non-hydrogen) atoms. The highest BCUT2D eigenvalue weighted by atomic mass is 19.1. The number of hydrogen-bond donors (Lipinski definition) is 1. The maximum absolute atomic E-state index is 13.5. The molecular weight excluding hydrogens is 247 g/mol. The van der Waals surface area contributed by atoms with Crippen LogP contribution in [0.1, 0.15) is 24.8 Å². The van der Waals surface area contributed by atoms with E-state index in [1.165, 1.54) is 12.1 Å². The standard InChI is InChI=1S/C15H17FO3/c16-13-9-12(3-1-2-6-17)10-15(11-13)19-14-4-7-18-8-5-14/h9-11,14,17H,2,4-8H2. The zero-order chi connectivity index (χ0) is 13.5. The third kappa shape index (κ3) is 4.55. The second-order valence-corrected chi connectivity index (χ2v) is 4.38. The van der Waals surface area contributed by atoms with Crippen molar-refractivity contribution in [2.75, 3.05) is 19.8 Å². The third-order valence-electron chi connectivity index (χ3n) is 2.81. The quantitative estimate of drug-likeness (QED) is 0.850. The molecule has 0 bridgehead atoms. The first-order valence-corrected chi connectivity index (χ1v) is 6.42. The summed E-state index contributed by atoms with van der Waals surface area (Å²) in [5.41, 5.74) is 0.565. The summed E-state index contributed by atoms with van der Waals surface area (Å²) >= 11 is 0. The summed E-state index contributed by atoms with van der Waals surface area (Å²) < 4.78 is 24.5. The number of ether oxygens (including phenoxy) is 2. The van der Waals surface area contributed by atoms with Crippen LogP contribution in [0.4, 0.5) is 4.39 Å². The van der Waals surface area contributed by atoms with Crippen molar-refractivity contribution in [3.63, 3.8) is 0 Å². The molecule has 3 nitrogen and oxygen atoms in total. The van der Waals surface area contributed by atoms with Gasteiger partial charge in [0.15, 0.2) is 0 Å². The van der Waals surface area contributed by atoms with Crippen molar-refractivity contribution in [3.05, 3.63) is 29.6 Å². The molecular formula is C15H17FO3. The van der Waals surface area contributed by atoms with E-state index in [0.717, 1.165) is 12.8 Å². The average Bonchev–Trinajstić information content (AvgIpc) is 2.39. The maximum Gasteiger partial charge on any atom is 0.128 e. The zero-order valence-electron chi connectivity index (χ0n) is 10.7. The van der Waals surface area contributed by atoms with Crippen LogP contribution in [0.15, 0.2) is 18.2 Å². The van der Waals surface area contributed by atoms with Crippen LogP contribution in [0, 0.1) is 17.7 Å². The Morgan fingerprint density at radius 3 is 2.84 bits per heavy atom. The van der Waals surface area contributed by atoms with Crippen molar-refractivity contribution in [1.82, 2.24) is 0 Å². The fourth-order valence-electron chi connectivity index (χ4n) is 1.91. The molecule has 0 amide bonds. The van der Waals surface area contributed by atoms with Gasteiger partial charge < -0.3 is 14.6 Å². The van der Waals surface area contributed by atoms with Gasteiger partial charge in [0, 0.05) is 30.9 Å². The molecule has 1 aromatic carbocycles. The molecule has 2 rings (SSSR count). The number of aliphatic hydroxyl groups excluding tert-OH is 1. The third-order valence-corrected chi connectivity index (χ3v) is 2.81. The van der Waals surface area contributed by atoms with Gasteiger partial charge in [0.05, 0.1) is 19.8 Å². The van der Waals surface area contributed by atoms with Crippen molar-refractivity contribution < 1.29 is 19.0 Å². The summed E-state index contributed by atoms with van der Waals surface area (Å²) in [4.78, 5) is 0. The first-order valence-electron chi connectivity index (χ1n) is 6.42. The summed E-state index contributed by atoms with van der Waals surface area (Å²) in [5, 5.41) is 8.66. The normalized spacial score (nSPS) is 15.7. The molecule has 0 aliphatic carbocycles. The number of rotatable bonds is 3. The van der Waals surface area contributed by atoms with E-state index < -0.39 is 0 Å². The zero-order valence-corrected chi connectivity index (χ0v) is 10.7. The van der Waals surface area contributed by atoms with Crippen molar-refractivity contribution in [2.45, 2.75) is 25.4 Å². The predicted octanol–water partition coefficient (Wildman–Crippen LogP) is 2.12. The van der Waals surface area contributed by atoms with E-state index in [1.54, 1.807) is 6.07 Å². The van der Waals surface area contributed by atoms with Crippen LogP contribution in [0.25, 0.3) is 0 Å². The fraction of sp³-hybridized carbons (Fsp3) is 0.467. The van der Waals surface area contributed by atoms with Crippen LogP contribution < -0.4 is 4.74 Å². The van der Waals surface area contributed by atoms with Gasteiger partial charge in [-0.1, -0.05) is 11.8 Å². The lowest BCUT2D eigenvalue weighted by molar-refractivity contribution is 0.0254. The minimum atomic E-state index is -0.363. The molecule has 0 aromatic heterocycles. The Balaban J connectivity index is 2.05. The Morgan fingerprint density at radius 2 is 2.11 bits per heavy atom. The van der Waals surface area contributed by atoms with Gasteiger partial charge >= 0.3 is 0 Å². The summed E-state index contributed by atoms with van der Waals surface area (Å²) in [6.45, 7) is 1.38. The first kappa shape index (κ1) is 13.9. The molecule has 1 heterocycles. The Hall–Kier alpha value is -1.57. The van der Waals surface area contributed by atoms with Crippen molar-refractivity contribution in [1.29, 1.82) is 0 Å². The number of halogens is 1. The predicted molar refractivity (Wildman–Crippen MR) is 69.4 cm³/mol. The van der Waals surface area contributed by atoms with Crippen LogP contribution >= 0.6 is 0 Å². The molecule has 102 valence electrons. The molecule has 1 aliphatic rings. The molecule has 0 atom stereocenters. The van der Waals surface area contributed by atoms with Gasteiger partial charge in [-0.3, -0.25) is 0 Å². The molecule has 0 radical (unpaired) electrons. The topological polar surface area (TPSA) is 38.7 Å². The Morgan fingerprint density at radius 1 is 1.32 bits per heavy atom. The number of hydrogen-bond acceptors (Lipinski definition) is 3. The molecule has 1 aliphatic heterocycles. The average molecular weight is 264 g/mol. The van der Waals surface area contributed by atoms with E-state index in [4.69, 9.17) is 14.6 Å². The minimum Gasteiger partial charge on any atom is -0.490 e. The summed E-state index contributed by atoms with van der Waals surface area (Å²) in [7, 11) is 0. The largest absolute Gasteiger partial charge is 0.490 e. The highest BCUT2D eigenvalue weighted by Gasteiger charge is 2.15. The van der Waals surface area contributed by atoms with Gasteiger partial charge in [0.1, 0.15) is 17.7 Å². The lowest BCUT2D eigenvalue weighted by atomic mass is 10.1. The van der Waals surface area contributed by atoms with Crippen molar-refractivity contribution >= 4 is 0 Å². The van der Waals surface area contributed by atoms with Gasteiger partial charge in [-0.15, -0.1) is 0 Å². The highest BCUT2D eigenvalue weighted by Crippen LogP contribution is 2.20. The summed E-state index contributed by atoms with van der Waals surface area (Å²) in [5.74, 6) is 5.71. The second-order valence-electron chi connectivity index (χ2n) is 4.38. The van der Waals surface area contributed by atoms with Crippen molar-refractivity contribution in [3.8, 4) is 17.6 Å². The summed E-state index contributed by atoms with van der Waals surface area (Å²) in [6, 6.07) is 4.46. The number of aliphatic hydroxyl groups is 1. The minimum absolute atomic E-state index is 0.00769. The van der Waals surface area contributed by atoms with Gasteiger partial charge in [-0.05, 0) is 12.1 Å². The van der Waals surface area contributed by atoms with E-state index in [-0.39, 0.29) is 18.5 Å². The van der Waals surface area contributed by atoms with E-state index in [0.29, 0.717) is 30.9 Å². The maximum atomic E-state index is 13.5. The van der Waals surface area contributed by atoms with Gasteiger partial charge in [0.2, 0.25) is 0 Å².